The zero-order valence-corrected chi connectivity index (χ0v) is 14.7. The van der Waals surface area contributed by atoms with Crippen LogP contribution in [0.25, 0.3) is 0 Å². The van der Waals surface area contributed by atoms with Gasteiger partial charge in [-0.1, -0.05) is 23.2 Å². The number of carbonyl (C=O) groups is 1. The van der Waals surface area contributed by atoms with Crippen LogP contribution in [0.1, 0.15) is 18.1 Å². The highest BCUT2D eigenvalue weighted by Crippen LogP contribution is 2.36. The summed E-state index contributed by atoms with van der Waals surface area (Å²) in [7, 11) is 0. The Hall–Kier alpha value is -2.43. The lowest BCUT2D eigenvalue weighted by molar-refractivity contribution is -0.137. The number of hydrogen-bond acceptors (Lipinski definition) is 3. The number of carbonyl (C=O) groups excluding carboxylic acids is 1. The second-order valence-corrected chi connectivity index (χ2v) is 6.04. The molecule has 4 nitrogen and oxygen atoms in total. The van der Waals surface area contributed by atoms with Crippen molar-refractivity contribution in [2.45, 2.75) is 19.2 Å². The summed E-state index contributed by atoms with van der Waals surface area (Å²) in [5, 5.41) is 10.9. The van der Waals surface area contributed by atoms with Crippen LogP contribution >= 0.6 is 23.2 Å². The SMILES string of the molecule is CC(Oc1ccc(C#N)cc1Cl)C(=O)Nc1ccc(Cl)cc1C(F)(F)F. The second kappa shape index (κ2) is 7.85. The van der Waals surface area contributed by atoms with E-state index < -0.39 is 29.4 Å². The summed E-state index contributed by atoms with van der Waals surface area (Å²) in [4.78, 5) is 12.2. The maximum atomic E-state index is 13.1. The zero-order chi connectivity index (χ0) is 19.5. The molecule has 1 amide bonds. The van der Waals surface area contributed by atoms with E-state index in [4.69, 9.17) is 33.2 Å². The molecule has 0 aromatic heterocycles. The van der Waals surface area contributed by atoms with Crippen molar-refractivity contribution in [3.8, 4) is 11.8 Å². The van der Waals surface area contributed by atoms with Crippen LogP contribution in [0.2, 0.25) is 10.0 Å². The van der Waals surface area contributed by atoms with Crippen molar-refractivity contribution >= 4 is 34.8 Å². The van der Waals surface area contributed by atoms with E-state index in [2.05, 4.69) is 5.32 Å². The van der Waals surface area contributed by atoms with E-state index in [1.54, 1.807) is 0 Å². The summed E-state index contributed by atoms with van der Waals surface area (Å²) in [6.45, 7) is 1.35. The minimum absolute atomic E-state index is 0.103. The van der Waals surface area contributed by atoms with Crippen LogP contribution in [0.5, 0.6) is 5.75 Å². The van der Waals surface area contributed by atoms with E-state index in [-0.39, 0.29) is 15.8 Å². The van der Waals surface area contributed by atoms with Crippen LogP contribution < -0.4 is 10.1 Å². The van der Waals surface area contributed by atoms with E-state index >= 15 is 0 Å². The van der Waals surface area contributed by atoms with Crippen molar-refractivity contribution in [1.29, 1.82) is 5.26 Å². The highest BCUT2D eigenvalue weighted by molar-refractivity contribution is 6.32. The molecule has 2 aromatic carbocycles. The molecule has 9 heteroatoms. The second-order valence-electron chi connectivity index (χ2n) is 5.19. The lowest BCUT2D eigenvalue weighted by Gasteiger charge is -2.18. The largest absolute Gasteiger partial charge is 0.479 e. The monoisotopic (exact) mass is 402 g/mol. The average molecular weight is 403 g/mol. The van der Waals surface area contributed by atoms with E-state index in [9.17, 15) is 18.0 Å². The molecule has 26 heavy (non-hydrogen) atoms. The van der Waals surface area contributed by atoms with Crippen LogP contribution in [-0.2, 0) is 11.0 Å². The number of nitriles is 1. The van der Waals surface area contributed by atoms with Gasteiger partial charge >= 0.3 is 6.18 Å². The van der Waals surface area contributed by atoms with Gasteiger partial charge < -0.3 is 10.1 Å². The van der Waals surface area contributed by atoms with Crippen LogP contribution in [0.4, 0.5) is 18.9 Å². The fourth-order valence-electron chi connectivity index (χ4n) is 2.00. The highest BCUT2D eigenvalue weighted by atomic mass is 35.5. The molecule has 0 aliphatic carbocycles. The predicted molar refractivity (Wildman–Crippen MR) is 91.3 cm³/mol. The van der Waals surface area contributed by atoms with Crippen molar-refractivity contribution in [1.82, 2.24) is 0 Å². The normalized spacial score (nSPS) is 12.2. The summed E-state index contributed by atoms with van der Waals surface area (Å²) >= 11 is 11.5. The molecule has 0 aliphatic rings. The Bertz CT molecular complexity index is 879. The molecule has 1 N–H and O–H groups in total. The lowest BCUT2D eigenvalue weighted by Crippen LogP contribution is -2.31. The van der Waals surface area contributed by atoms with Crippen molar-refractivity contribution < 1.29 is 22.7 Å². The van der Waals surface area contributed by atoms with Gasteiger partial charge in [0, 0.05) is 5.02 Å². The number of hydrogen-bond donors (Lipinski definition) is 1. The standard InChI is InChI=1S/C17H11Cl2F3N2O2/c1-9(26-15-5-2-10(8-23)6-13(15)19)16(25)24-14-4-3-11(18)7-12(14)17(20,21)22/h2-7,9H,1H3,(H,24,25). The Balaban J connectivity index is 2.17. The van der Waals surface area contributed by atoms with Gasteiger partial charge in [0.1, 0.15) is 5.75 Å². The highest BCUT2D eigenvalue weighted by Gasteiger charge is 2.34. The third kappa shape index (κ3) is 4.81. The molecule has 0 spiro atoms. The molecule has 2 aromatic rings. The molecule has 1 unspecified atom stereocenters. The summed E-state index contributed by atoms with van der Waals surface area (Å²) in [5.41, 5.74) is -1.20. The number of rotatable bonds is 4. The summed E-state index contributed by atoms with van der Waals surface area (Å²) in [6.07, 6.45) is -5.83. The fourth-order valence-corrected chi connectivity index (χ4v) is 2.40. The first kappa shape index (κ1) is 19.9. The van der Waals surface area contributed by atoms with E-state index in [0.29, 0.717) is 5.56 Å². The van der Waals surface area contributed by atoms with Crippen LogP contribution in [-0.4, -0.2) is 12.0 Å². The van der Waals surface area contributed by atoms with Gasteiger partial charge in [-0.2, -0.15) is 18.4 Å². The third-order valence-corrected chi connectivity index (χ3v) is 3.81. The molecule has 0 saturated carbocycles. The Kier molecular flexibility index (Phi) is 6.01. The molecule has 0 bridgehead atoms. The van der Waals surface area contributed by atoms with Crippen LogP contribution in [0.15, 0.2) is 36.4 Å². The Morgan fingerprint density at radius 1 is 1.23 bits per heavy atom. The van der Waals surface area contributed by atoms with Gasteiger partial charge in [0.05, 0.1) is 27.9 Å². The van der Waals surface area contributed by atoms with Gasteiger partial charge in [-0.15, -0.1) is 0 Å². The van der Waals surface area contributed by atoms with E-state index in [1.165, 1.54) is 31.2 Å². The molecule has 136 valence electrons. The number of nitrogens with zero attached hydrogens (tertiary/aromatic N) is 1. The number of benzene rings is 2. The number of nitrogens with one attached hydrogen (secondary N) is 1. The Morgan fingerprint density at radius 2 is 1.92 bits per heavy atom. The zero-order valence-electron chi connectivity index (χ0n) is 13.2. The van der Waals surface area contributed by atoms with Gasteiger partial charge in [0.2, 0.25) is 0 Å². The van der Waals surface area contributed by atoms with Gasteiger partial charge in [0.15, 0.2) is 6.10 Å². The third-order valence-electron chi connectivity index (χ3n) is 3.28. The molecular weight excluding hydrogens is 392 g/mol. The predicted octanol–water partition coefficient (Wildman–Crippen LogP) is 5.29. The molecule has 0 radical (unpaired) electrons. The van der Waals surface area contributed by atoms with Gasteiger partial charge in [-0.3, -0.25) is 4.79 Å². The molecule has 0 heterocycles. The van der Waals surface area contributed by atoms with Crippen molar-refractivity contribution in [3.63, 3.8) is 0 Å². The van der Waals surface area contributed by atoms with Crippen molar-refractivity contribution in [3.05, 3.63) is 57.6 Å². The number of amides is 1. The van der Waals surface area contributed by atoms with Crippen LogP contribution in [0.3, 0.4) is 0 Å². The van der Waals surface area contributed by atoms with Crippen molar-refractivity contribution in [2.75, 3.05) is 5.32 Å². The van der Waals surface area contributed by atoms with E-state index in [1.807, 2.05) is 6.07 Å². The first-order chi connectivity index (χ1) is 12.1. The molecule has 0 aliphatic heterocycles. The quantitative estimate of drug-likeness (QED) is 0.755. The summed E-state index contributed by atoms with van der Waals surface area (Å²) in [6, 6.07) is 9.09. The summed E-state index contributed by atoms with van der Waals surface area (Å²) < 4.78 is 44.6. The molecule has 1 atom stereocenters. The number of alkyl halides is 3. The Morgan fingerprint density at radius 3 is 2.50 bits per heavy atom. The molecule has 0 saturated heterocycles. The molecule has 0 fully saturated rings. The minimum atomic E-state index is -4.69. The Labute approximate surface area is 157 Å². The van der Waals surface area contributed by atoms with Crippen molar-refractivity contribution in [2.24, 2.45) is 0 Å². The van der Waals surface area contributed by atoms with Gasteiger partial charge in [-0.25, -0.2) is 0 Å². The summed E-state index contributed by atoms with van der Waals surface area (Å²) in [5.74, 6) is -0.682. The first-order valence-corrected chi connectivity index (χ1v) is 7.91. The minimum Gasteiger partial charge on any atom is -0.479 e. The fraction of sp³-hybridized carbons (Fsp3) is 0.176. The maximum absolute atomic E-state index is 13.1. The topological polar surface area (TPSA) is 62.1 Å². The number of anilines is 1. The number of ether oxygens (including phenoxy) is 1. The first-order valence-electron chi connectivity index (χ1n) is 7.15. The van der Waals surface area contributed by atoms with Crippen LogP contribution in [0, 0.1) is 11.3 Å². The smallest absolute Gasteiger partial charge is 0.418 e. The van der Waals surface area contributed by atoms with E-state index in [0.717, 1.165) is 12.1 Å². The van der Waals surface area contributed by atoms with Gasteiger partial charge in [-0.05, 0) is 43.3 Å². The maximum Gasteiger partial charge on any atom is 0.418 e. The lowest BCUT2D eigenvalue weighted by atomic mass is 10.1. The number of halogens is 5. The molecule has 2 rings (SSSR count). The van der Waals surface area contributed by atoms with Gasteiger partial charge in [0.25, 0.3) is 5.91 Å². The molecular formula is C17H11Cl2F3N2O2. The average Bonchev–Trinajstić information content (AvgIpc) is 2.57.